The predicted octanol–water partition coefficient (Wildman–Crippen LogP) is 3.82. The monoisotopic (exact) mass is 478 g/mol. The number of aryl methyl sites for hydroxylation is 1. The summed E-state index contributed by atoms with van der Waals surface area (Å²) in [6, 6.07) is 22.8. The molecule has 4 rings (SSSR count). The quantitative estimate of drug-likeness (QED) is 0.494. The standard InChI is InChI=1S/C27H30N2O4S/c1-21-12-13-25(33-2)26(18-21)34(31,32)29(17-14-22-8-4-3-5-9-22)20-27(30)28-16-15-23-10-6-7-11-24(23)19-28/h3-13,18H,14-17,19-20H2,1-2H3. The summed E-state index contributed by atoms with van der Waals surface area (Å²) in [6.45, 7) is 2.89. The van der Waals surface area contributed by atoms with Gasteiger partial charge in [-0.2, -0.15) is 4.31 Å². The third-order valence-corrected chi connectivity index (χ3v) is 8.09. The molecule has 6 nitrogen and oxygen atoms in total. The molecule has 0 fully saturated rings. The number of benzene rings is 3. The summed E-state index contributed by atoms with van der Waals surface area (Å²) < 4.78 is 34.2. The molecule has 1 amide bonds. The second-order valence-electron chi connectivity index (χ2n) is 8.56. The third-order valence-electron chi connectivity index (χ3n) is 6.22. The van der Waals surface area contributed by atoms with Gasteiger partial charge in [-0.25, -0.2) is 8.42 Å². The molecule has 34 heavy (non-hydrogen) atoms. The second-order valence-corrected chi connectivity index (χ2v) is 10.5. The first-order valence-corrected chi connectivity index (χ1v) is 12.9. The van der Waals surface area contributed by atoms with E-state index in [1.807, 2.05) is 61.5 Å². The maximum absolute atomic E-state index is 13.8. The van der Waals surface area contributed by atoms with Crippen molar-refractivity contribution in [2.24, 2.45) is 0 Å². The molecule has 0 aliphatic carbocycles. The van der Waals surface area contributed by atoms with Gasteiger partial charge in [-0.1, -0.05) is 60.7 Å². The van der Waals surface area contributed by atoms with Crippen molar-refractivity contribution >= 4 is 15.9 Å². The van der Waals surface area contributed by atoms with Crippen molar-refractivity contribution in [1.82, 2.24) is 9.21 Å². The number of rotatable bonds is 8. The van der Waals surface area contributed by atoms with E-state index >= 15 is 0 Å². The first-order chi connectivity index (χ1) is 16.4. The van der Waals surface area contributed by atoms with Crippen molar-refractivity contribution < 1.29 is 17.9 Å². The Balaban J connectivity index is 1.60. The smallest absolute Gasteiger partial charge is 0.247 e. The van der Waals surface area contributed by atoms with E-state index in [4.69, 9.17) is 4.74 Å². The zero-order valence-corrected chi connectivity index (χ0v) is 20.4. The topological polar surface area (TPSA) is 66.9 Å². The van der Waals surface area contributed by atoms with Crippen LogP contribution in [0.5, 0.6) is 5.75 Å². The van der Waals surface area contributed by atoms with Gasteiger partial charge >= 0.3 is 0 Å². The first kappa shape index (κ1) is 24.0. The molecule has 1 aliphatic heterocycles. The second kappa shape index (κ2) is 10.4. The van der Waals surface area contributed by atoms with Crippen LogP contribution in [0.3, 0.4) is 0 Å². The normalized spacial score (nSPS) is 13.6. The fourth-order valence-corrected chi connectivity index (χ4v) is 5.90. The number of ether oxygens (including phenoxy) is 1. The Kier molecular flexibility index (Phi) is 7.34. The van der Waals surface area contributed by atoms with Gasteiger partial charge in [-0.3, -0.25) is 4.79 Å². The third kappa shape index (κ3) is 5.32. The summed E-state index contributed by atoms with van der Waals surface area (Å²) in [5, 5.41) is 0. The Labute approximate surface area is 201 Å². The summed E-state index contributed by atoms with van der Waals surface area (Å²) in [5.41, 5.74) is 4.17. The molecule has 0 atom stereocenters. The summed E-state index contributed by atoms with van der Waals surface area (Å²) in [4.78, 5) is 15.2. The summed E-state index contributed by atoms with van der Waals surface area (Å²) in [7, 11) is -2.52. The molecule has 3 aromatic rings. The van der Waals surface area contributed by atoms with Crippen LogP contribution < -0.4 is 4.74 Å². The largest absolute Gasteiger partial charge is 0.495 e. The molecule has 1 aliphatic rings. The Morgan fingerprint density at radius 2 is 1.71 bits per heavy atom. The highest BCUT2D eigenvalue weighted by Gasteiger charge is 2.31. The maximum Gasteiger partial charge on any atom is 0.247 e. The SMILES string of the molecule is COc1ccc(C)cc1S(=O)(=O)N(CCc1ccccc1)CC(=O)N1CCc2ccccc2C1. The van der Waals surface area contributed by atoms with Gasteiger partial charge in [-0.15, -0.1) is 0 Å². The number of carbonyl (C=O) groups excluding carboxylic acids is 1. The van der Waals surface area contributed by atoms with E-state index in [9.17, 15) is 13.2 Å². The van der Waals surface area contributed by atoms with Crippen molar-refractivity contribution in [3.63, 3.8) is 0 Å². The lowest BCUT2D eigenvalue weighted by Crippen LogP contribution is -2.45. The Morgan fingerprint density at radius 1 is 1.00 bits per heavy atom. The molecule has 7 heteroatoms. The number of methoxy groups -OCH3 is 1. The molecule has 1 heterocycles. The minimum atomic E-state index is -3.97. The highest BCUT2D eigenvalue weighted by molar-refractivity contribution is 7.89. The molecule has 0 N–H and O–H groups in total. The van der Waals surface area contributed by atoms with Crippen LogP contribution in [0.15, 0.2) is 77.7 Å². The van der Waals surface area contributed by atoms with Crippen LogP contribution in [0, 0.1) is 6.92 Å². The van der Waals surface area contributed by atoms with Crippen molar-refractivity contribution in [1.29, 1.82) is 0 Å². The van der Waals surface area contributed by atoms with Crippen LogP contribution >= 0.6 is 0 Å². The average Bonchev–Trinajstić information content (AvgIpc) is 2.86. The lowest BCUT2D eigenvalue weighted by Gasteiger charge is -2.31. The molecule has 178 valence electrons. The Hall–Kier alpha value is -3.16. The van der Waals surface area contributed by atoms with Gasteiger partial charge in [0, 0.05) is 19.6 Å². The van der Waals surface area contributed by atoms with Crippen LogP contribution in [-0.2, 0) is 34.2 Å². The zero-order valence-electron chi connectivity index (χ0n) is 19.6. The van der Waals surface area contributed by atoms with E-state index in [1.54, 1.807) is 17.0 Å². The van der Waals surface area contributed by atoms with Gasteiger partial charge in [0.2, 0.25) is 15.9 Å². The van der Waals surface area contributed by atoms with E-state index in [0.29, 0.717) is 19.5 Å². The lowest BCUT2D eigenvalue weighted by atomic mass is 10.00. The number of nitrogens with zero attached hydrogens (tertiary/aromatic N) is 2. The predicted molar refractivity (Wildman–Crippen MR) is 132 cm³/mol. The van der Waals surface area contributed by atoms with Crippen molar-refractivity contribution in [3.05, 3.63) is 95.1 Å². The fraction of sp³-hybridized carbons (Fsp3) is 0.296. The lowest BCUT2D eigenvalue weighted by molar-refractivity contribution is -0.132. The number of fused-ring (bicyclic) bond motifs is 1. The average molecular weight is 479 g/mol. The van der Waals surface area contributed by atoms with Gasteiger partial charge in [0.15, 0.2) is 0 Å². The van der Waals surface area contributed by atoms with Gasteiger partial charge in [0.1, 0.15) is 10.6 Å². The number of sulfonamides is 1. The summed E-state index contributed by atoms with van der Waals surface area (Å²) in [6.07, 6.45) is 1.27. The molecular formula is C27H30N2O4S. The Morgan fingerprint density at radius 3 is 2.44 bits per heavy atom. The summed E-state index contributed by atoms with van der Waals surface area (Å²) >= 11 is 0. The van der Waals surface area contributed by atoms with Crippen molar-refractivity contribution in [2.75, 3.05) is 26.7 Å². The maximum atomic E-state index is 13.8. The van der Waals surface area contributed by atoms with Crippen LogP contribution in [0.2, 0.25) is 0 Å². The van der Waals surface area contributed by atoms with Crippen LogP contribution in [0.4, 0.5) is 0 Å². The van der Waals surface area contributed by atoms with E-state index in [0.717, 1.165) is 23.1 Å². The molecule has 0 saturated carbocycles. The molecule has 0 spiro atoms. The van der Waals surface area contributed by atoms with Crippen LogP contribution in [0.25, 0.3) is 0 Å². The minimum absolute atomic E-state index is 0.0832. The molecule has 0 bridgehead atoms. The van der Waals surface area contributed by atoms with Gasteiger partial charge in [-0.05, 0) is 54.2 Å². The van der Waals surface area contributed by atoms with Crippen molar-refractivity contribution in [2.45, 2.75) is 31.2 Å². The van der Waals surface area contributed by atoms with Crippen molar-refractivity contribution in [3.8, 4) is 5.75 Å². The van der Waals surface area contributed by atoms with E-state index in [-0.39, 0.29) is 29.6 Å². The number of hydrogen-bond donors (Lipinski definition) is 0. The minimum Gasteiger partial charge on any atom is -0.495 e. The summed E-state index contributed by atoms with van der Waals surface area (Å²) in [5.74, 6) is 0.0763. The highest BCUT2D eigenvalue weighted by Crippen LogP contribution is 2.28. The fourth-order valence-electron chi connectivity index (χ4n) is 4.27. The highest BCUT2D eigenvalue weighted by atomic mass is 32.2. The molecule has 0 aromatic heterocycles. The van der Waals surface area contributed by atoms with Crippen LogP contribution in [0.1, 0.15) is 22.3 Å². The first-order valence-electron chi connectivity index (χ1n) is 11.4. The van der Waals surface area contributed by atoms with Gasteiger partial charge in [0.05, 0.1) is 13.7 Å². The molecule has 0 radical (unpaired) electrons. The molecule has 3 aromatic carbocycles. The number of amides is 1. The number of carbonyl (C=O) groups is 1. The van der Waals surface area contributed by atoms with Gasteiger partial charge in [0.25, 0.3) is 0 Å². The zero-order chi connectivity index (χ0) is 24.1. The molecule has 0 unspecified atom stereocenters. The molecule has 0 saturated heterocycles. The Bertz CT molecular complexity index is 1260. The van der Waals surface area contributed by atoms with E-state index < -0.39 is 10.0 Å². The number of hydrogen-bond acceptors (Lipinski definition) is 4. The molecular weight excluding hydrogens is 448 g/mol. The van der Waals surface area contributed by atoms with Crippen LogP contribution in [-0.4, -0.2) is 50.3 Å². The van der Waals surface area contributed by atoms with Gasteiger partial charge < -0.3 is 9.64 Å². The van der Waals surface area contributed by atoms with E-state index in [1.165, 1.54) is 17.0 Å². The van der Waals surface area contributed by atoms with E-state index in [2.05, 4.69) is 6.07 Å².